The van der Waals surface area contributed by atoms with Crippen LogP contribution < -0.4 is 15.4 Å². The Morgan fingerprint density at radius 1 is 1.12 bits per heavy atom. The molecule has 1 saturated carbocycles. The van der Waals surface area contributed by atoms with Crippen molar-refractivity contribution in [3.05, 3.63) is 29.8 Å². The zero-order valence-electron chi connectivity index (χ0n) is 14.6. The number of hydrogen-bond donors (Lipinski definition) is 2. The van der Waals surface area contributed by atoms with Gasteiger partial charge in [-0.15, -0.1) is 0 Å². The number of amides is 2. The van der Waals surface area contributed by atoms with Gasteiger partial charge in [0.25, 0.3) is 5.91 Å². The van der Waals surface area contributed by atoms with Crippen LogP contribution in [0.15, 0.2) is 24.3 Å². The van der Waals surface area contributed by atoms with Gasteiger partial charge in [0.1, 0.15) is 11.3 Å². The number of alkyl halides is 3. The molecule has 1 aromatic rings. The average Bonchev–Trinajstić information content (AvgIpc) is 2.60. The number of carbonyl (C=O) groups is 2. The topological polar surface area (TPSA) is 67.4 Å². The zero-order valence-corrected chi connectivity index (χ0v) is 14.6. The summed E-state index contributed by atoms with van der Waals surface area (Å²) in [5.41, 5.74) is -1.72. The van der Waals surface area contributed by atoms with Gasteiger partial charge in [-0.25, -0.2) is 0 Å². The van der Waals surface area contributed by atoms with E-state index in [2.05, 4.69) is 10.6 Å². The predicted molar refractivity (Wildman–Crippen MR) is 89.6 cm³/mol. The highest BCUT2D eigenvalue weighted by Crippen LogP contribution is 2.30. The van der Waals surface area contributed by atoms with E-state index in [1.165, 1.54) is 0 Å². The molecular weight excluding hydrogens is 349 g/mol. The summed E-state index contributed by atoms with van der Waals surface area (Å²) >= 11 is 0. The van der Waals surface area contributed by atoms with Gasteiger partial charge in [-0.3, -0.25) is 9.59 Å². The third-order valence-electron chi connectivity index (χ3n) is 4.41. The molecule has 2 rings (SSSR count). The van der Waals surface area contributed by atoms with E-state index in [1.54, 1.807) is 0 Å². The summed E-state index contributed by atoms with van der Waals surface area (Å²) in [5.74, 6) is -0.524. The number of benzene rings is 1. The molecule has 0 radical (unpaired) electrons. The average molecular weight is 372 g/mol. The van der Waals surface area contributed by atoms with Crippen LogP contribution >= 0.6 is 0 Å². The maximum absolute atomic E-state index is 12.5. The van der Waals surface area contributed by atoms with Gasteiger partial charge in [-0.2, -0.15) is 13.2 Å². The lowest BCUT2D eigenvalue weighted by atomic mass is 9.80. The first-order valence-corrected chi connectivity index (χ1v) is 8.66. The van der Waals surface area contributed by atoms with Crippen LogP contribution in [0.4, 0.5) is 13.2 Å². The Kier molecular flexibility index (Phi) is 6.50. The van der Waals surface area contributed by atoms with Crippen LogP contribution in [-0.4, -0.2) is 30.5 Å². The van der Waals surface area contributed by atoms with Crippen LogP contribution in [0.5, 0.6) is 5.75 Å². The number of likely N-dealkylation sites (N-methyl/N-ethyl adjacent to an activating group) is 1. The maximum atomic E-state index is 12.5. The molecule has 144 valence electrons. The van der Waals surface area contributed by atoms with Crippen LogP contribution in [-0.2, 0) is 15.8 Å². The molecule has 0 atom stereocenters. The minimum atomic E-state index is -4.42. The first-order valence-electron chi connectivity index (χ1n) is 8.66. The second-order valence-electron chi connectivity index (χ2n) is 6.36. The van der Waals surface area contributed by atoms with E-state index < -0.39 is 23.2 Å². The van der Waals surface area contributed by atoms with Crippen molar-refractivity contribution in [1.82, 2.24) is 10.6 Å². The number of carbonyl (C=O) groups excluding carboxylic acids is 2. The van der Waals surface area contributed by atoms with Crippen LogP contribution in [0.25, 0.3) is 0 Å². The molecule has 2 amide bonds. The molecular formula is C18H23F3N2O3. The number of rotatable bonds is 6. The van der Waals surface area contributed by atoms with Gasteiger partial charge in [0.2, 0.25) is 5.91 Å². The van der Waals surface area contributed by atoms with Crippen molar-refractivity contribution >= 4 is 11.8 Å². The lowest BCUT2D eigenvalue weighted by molar-refractivity contribution is -0.137. The summed E-state index contributed by atoms with van der Waals surface area (Å²) < 4.78 is 42.8. The molecule has 5 nitrogen and oxygen atoms in total. The number of hydrogen-bond acceptors (Lipinski definition) is 3. The molecule has 0 heterocycles. The normalized spacial score (nSPS) is 16.6. The molecule has 1 aliphatic carbocycles. The molecule has 1 aromatic carbocycles. The maximum Gasteiger partial charge on any atom is 0.416 e. The standard InChI is InChI=1S/C18H23F3N2O3/c1-2-22-16(25)17(10-4-3-5-11-17)23-15(24)12-26-14-8-6-13(7-9-14)18(19,20)21/h6-9H,2-5,10-12H2,1H3,(H,22,25)(H,23,24). The monoisotopic (exact) mass is 372 g/mol. The van der Waals surface area contributed by atoms with E-state index in [0.717, 1.165) is 43.5 Å². The molecule has 0 aliphatic heterocycles. The van der Waals surface area contributed by atoms with Crippen molar-refractivity contribution in [1.29, 1.82) is 0 Å². The van der Waals surface area contributed by atoms with Gasteiger partial charge in [0.05, 0.1) is 5.56 Å². The van der Waals surface area contributed by atoms with Crippen molar-refractivity contribution in [2.45, 2.75) is 50.7 Å². The fourth-order valence-corrected chi connectivity index (χ4v) is 3.09. The van der Waals surface area contributed by atoms with Crippen LogP contribution in [0, 0.1) is 0 Å². The molecule has 8 heteroatoms. The summed E-state index contributed by atoms with van der Waals surface area (Å²) in [6.45, 7) is 1.91. The van der Waals surface area contributed by atoms with Gasteiger partial charge in [0, 0.05) is 6.54 Å². The lowest BCUT2D eigenvalue weighted by Crippen LogP contribution is -2.60. The molecule has 1 fully saturated rings. The van der Waals surface area contributed by atoms with E-state index in [4.69, 9.17) is 4.74 Å². The van der Waals surface area contributed by atoms with Crippen LogP contribution in [0.1, 0.15) is 44.6 Å². The van der Waals surface area contributed by atoms with Crippen molar-refractivity contribution in [3.63, 3.8) is 0 Å². The Bertz CT molecular complexity index is 624. The molecule has 26 heavy (non-hydrogen) atoms. The first kappa shape index (κ1) is 20.1. The molecule has 0 unspecified atom stereocenters. The van der Waals surface area contributed by atoms with E-state index in [9.17, 15) is 22.8 Å². The summed E-state index contributed by atoms with van der Waals surface area (Å²) in [6, 6.07) is 4.11. The quantitative estimate of drug-likeness (QED) is 0.807. The number of halogens is 3. The molecule has 0 spiro atoms. The van der Waals surface area contributed by atoms with E-state index in [0.29, 0.717) is 19.4 Å². The highest BCUT2D eigenvalue weighted by atomic mass is 19.4. The second-order valence-corrected chi connectivity index (χ2v) is 6.36. The number of nitrogens with one attached hydrogen (secondary N) is 2. The van der Waals surface area contributed by atoms with Crippen LogP contribution in [0.2, 0.25) is 0 Å². The van der Waals surface area contributed by atoms with Crippen molar-refractivity contribution in [2.24, 2.45) is 0 Å². The lowest BCUT2D eigenvalue weighted by Gasteiger charge is -2.36. The molecule has 0 aromatic heterocycles. The van der Waals surface area contributed by atoms with E-state index >= 15 is 0 Å². The van der Waals surface area contributed by atoms with E-state index in [-0.39, 0.29) is 18.3 Å². The summed E-state index contributed by atoms with van der Waals surface area (Å²) in [5, 5.41) is 5.52. The SMILES string of the molecule is CCNC(=O)C1(NC(=O)COc2ccc(C(F)(F)F)cc2)CCCCC1. The van der Waals surface area contributed by atoms with E-state index in [1.807, 2.05) is 6.92 Å². The minimum absolute atomic E-state index is 0.156. The fraction of sp³-hybridized carbons (Fsp3) is 0.556. The predicted octanol–water partition coefficient (Wildman–Crippen LogP) is 3.04. The molecule has 1 aliphatic rings. The Labute approximate surface area is 150 Å². The van der Waals surface area contributed by atoms with Gasteiger partial charge in [0.15, 0.2) is 6.61 Å². The Hall–Kier alpha value is -2.25. The molecule has 0 bridgehead atoms. The van der Waals surface area contributed by atoms with Crippen molar-refractivity contribution in [3.8, 4) is 5.75 Å². The largest absolute Gasteiger partial charge is 0.484 e. The van der Waals surface area contributed by atoms with Crippen molar-refractivity contribution < 1.29 is 27.5 Å². The first-order chi connectivity index (χ1) is 12.3. The Morgan fingerprint density at radius 3 is 2.27 bits per heavy atom. The summed E-state index contributed by atoms with van der Waals surface area (Å²) in [4.78, 5) is 24.6. The third kappa shape index (κ3) is 5.12. The smallest absolute Gasteiger partial charge is 0.416 e. The number of ether oxygens (including phenoxy) is 1. The highest BCUT2D eigenvalue weighted by Gasteiger charge is 2.40. The fourth-order valence-electron chi connectivity index (χ4n) is 3.09. The van der Waals surface area contributed by atoms with Gasteiger partial charge < -0.3 is 15.4 Å². The summed E-state index contributed by atoms with van der Waals surface area (Å²) in [6.07, 6.45) is -0.598. The minimum Gasteiger partial charge on any atom is -0.484 e. The third-order valence-corrected chi connectivity index (χ3v) is 4.41. The van der Waals surface area contributed by atoms with Gasteiger partial charge in [-0.05, 0) is 44.0 Å². The van der Waals surface area contributed by atoms with Gasteiger partial charge in [-0.1, -0.05) is 19.3 Å². The van der Waals surface area contributed by atoms with Gasteiger partial charge >= 0.3 is 6.18 Å². The Morgan fingerprint density at radius 2 is 1.73 bits per heavy atom. The molecule has 2 N–H and O–H groups in total. The second kappa shape index (κ2) is 8.42. The summed E-state index contributed by atoms with van der Waals surface area (Å²) in [7, 11) is 0. The highest BCUT2D eigenvalue weighted by molar-refractivity contribution is 5.92. The Balaban J connectivity index is 1.94. The van der Waals surface area contributed by atoms with Crippen molar-refractivity contribution in [2.75, 3.05) is 13.2 Å². The van der Waals surface area contributed by atoms with Crippen LogP contribution in [0.3, 0.4) is 0 Å². The zero-order chi connectivity index (χ0) is 19.2. The molecule has 0 saturated heterocycles.